The lowest BCUT2D eigenvalue weighted by Crippen LogP contribution is -2.41. The fraction of sp³-hybridized carbons (Fsp3) is 0.417. The van der Waals surface area contributed by atoms with Gasteiger partial charge in [0.05, 0.1) is 0 Å². The number of hydrogen-bond donors (Lipinski definition) is 2. The Morgan fingerprint density at radius 1 is 1.29 bits per heavy atom. The van der Waals surface area contributed by atoms with Crippen LogP contribution in [0.25, 0.3) is 0 Å². The van der Waals surface area contributed by atoms with E-state index in [1.807, 2.05) is 0 Å². The van der Waals surface area contributed by atoms with Gasteiger partial charge in [-0.2, -0.15) is 4.72 Å². The maximum absolute atomic E-state index is 13.5. The summed E-state index contributed by atoms with van der Waals surface area (Å²) < 4.78 is 64.9. The third kappa shape index (κ3) is 4.18. The molecule has 0 aliphatic heterocycles. The van der Waals surface area contributed by atoms with E-state index in [2.05, 4.69) is 0 Å². The maximum atomic E-state index is 13.5. The van der Waals surface area contributed by atoms with Gasteiger partial charge in [-0.3, -0.25) is 4.79 Å². The van der Waals surface area contributed by atoms with Crippen LogP contribution in [0, 0.1) is 17.5 Å². The van der Waals surface area contributed by atoms with Crippen LogP contribution in [0.3, 0.4) is 0 Å². The average molecular weight is 325 g/mol. The molecule has 0 amide bonds. The average Bonchev–Trinajstić information content (AvgIpc) is 2.40. The Hall–Kier alpha value is -1.61. The number of hydrogen-bond acceptors (Lipinski definition) is 3. The molecule has 118 valence electrons. The molecule has 0 saturated carbocycles. The molecular formula is C12H14F3NO4S. The highest BCUT2D eigenvalue weighted by Gasteiger charge is 2.29. The molecule has 0 saturated heterocycles. The van der Waals surface area contributed by atoms with Crippen LogP contribution in [0.5, 0.6) is 0 Å². The minimum atomic E-state index is -4.62. The van der Waals surface area contributed by atoms with Gasteiger partial charge in [-0.25, -0.2) is 21.6 Å². The summed E-state index contributed by atoms with van der Waals surface area (Å²) in [5, 5.41) is 8.92. The zero-order valence-corrected chi connectivity index (χ0v) is 11.9. The molecule has 5 nitrogen and oxygen atoms in total. The van der Waals surface area contributed by atoms with Gasteiger partial charge < -0.3 is 5.11 Å². The fourth-order valence-corrected chi connectivity index (χ4v) is 2.90. The van der Waals surface area contributed by atoms with Crippen molar-refractivity contribution < 1.29 is 31.5 Å². The van der Waals surface area contributed by atoms with E-state index in [0.717, 1.165) is 0 Å². The predicted octanol–water partition coefficient (Wildman–Crippen LogP) is 2.03. The van der Waals surface area contributed by atoms with Crippen molar-refractivity contribution in [2.45, 2.75) is 37.1 Å². The first-order valence-corrected chi connectivity index (χ1v) is 7.57. The van der Waals surface area contributed by atoms with Crippen molar-refractivity contribution in [3.8, 4) is 0 Å². The normalized spacial score (nSPS) is 13.1. The molecule has 1 aromatic carbocycles. The van der Waals surface area contributed by atoms with Gasteiger partial charge in [0, 0.05) is 0 Å². The number of benzene rings is 1. The second-order valence-corrected chi connectivity index (χ2v) is 6.01. The van der Waals surface area contributed by atoms with Crippen LogP contribution in [0.15, 0.2) is 17.0 Å². The van der Waals surface area contributed by atoms with Gasteiger partial charge in [0.1, 0.15) is 10.9 Å². The van der Waals surface area contributed by atoms with E-state index in [4.69, 9.17) is 5.11 Å². The van der Waals surface area contributed by atoms with Crippen LogP contribution < -0.4 is 4.72 Å². The Bertz CT molecular complexity index is 634. The molecule has 1 atom stereocenters. The first kappa shape index (κ1) is 17.4. The van der Waals surface area contributed by atoms with Crippen molar-refractivity contribution in [3.05, 3.63) is 29.6 Å². The number of carboxylic acids is 1. The van der Waals surface area contributed by atoms with Crippen molar-refractivity contribution in [3.63, 3.8) is 0 Å². The highest BCUT2D eigenvalue weighted by atomic mass is 32.2. The Morgan fingerprint density at radius 2 is 1.90 bits per heavy atom. The number of carbonyl (C=O) groups is 1. The second kappa shape index (κ2) is 6.90. The molecule has 0 aliphatic rings. The largest absolute Gasteiger partial charge is 0.480 e. The van der Waals surface area contributed by atoms with E-state index in [1.165, 1.54) is 0 Å². The van der Waals surface area contributed by atoms with Crippen LogP contribution in [0.2, 0.25) is 0 Å². The van der Waals surface area contributed by atoms with Gasteiger partial charge in [-0.15, -0.1) is 0 Å². The quantitative estimate of drug-likeness (QED) is 0.751. The van der Waals surface area contributed by atoms with E-state index < -0.39 is 44.4 Å². The Labute approximate surface area is 119 Å². The fourth-order valence-electron chi connectivity index (χ4n) is 1.61. The monoisotopic (exact) mass is 325 g/mol. The van der Waals surface area contributed by atoms with Crippen molar-refractivity contribution in [1.82, 2.24) is 4.72 Å². The lowest BCUT2D eigenvalue weighted by Gasteiger charge is -2.15. The summed E-state index contributed by atoms with van der Waals surface area (Å²) in [4.78, 5) is 9.83. The lowest BCUT2D eigenvalue weighted by atomic mass is 10.1. The molecular weight excluding hydrogens is 311 g/mol. The van der Waals surface area contributed by atoms with Gasteiger partial charge in [0.2, 0.25) is 10.0 Å². The first-order chi connectivity index (χ1) is 9.70. The highest BCUT2D eigenvalue weighted by Crippen LogP contribution is 2.20. The third-order valence-corrected chi connectivity index (χ3v) is 4.22. The second-order valence-electron chi connectivity index (χ2n) is 4.33. The number of nitrogens with one attached hydrogen (secondary N) is 1. The highest BCUT2D eigenvalue weighted by molar-refractivity contribution is 7.89. The van der Waals surface area contributed by atoms with Crippen molar-refractivity contribution in [1.29, 1.82) is 0 Å². The predicted molar refractivity (Wildman–Crippen MR) is 67.6 cm³/mol. The summed E-state index contributed by atoms with van der Waals surface area (Å²) in [6.45, 7) is 1.78. The molecule has 1 aromatic rings. The van der Waals surface area contributed by atoms with Gasteiger partial charge in [0.15, 0.2) is 17.5 Å². The van der Waals surface area contributed by atoms with Gasteiger partial charge in [-0.1, -0.05) is 19.8 Å². The van der Waals surface area contributed by atoms with Crippen LogP contribution in [0.4, 0.5) is 13.2 Å². The minimum Gasteiger partial charge on any atom is -0.480 e. The van der Waals surface area contributed by atoms with E-state index in [1.54, 1.807) is 11.6 Å². The Kier molecular flexibility index (Phi) is 5.73. The summed E-state index contributed by atoms with van der Waals surface area (Å²) in [5.74, 6) is -6.79. The number of sulfonamides is 1. The van der Waals surface area contributed by atoms with Gasteiger partial charge in [-0.05, 0) is 18.6 Å². The minimum absolute atomic E-state index is 0.00361. The molecule has 1 unspecified atom stereocenters. The Balaban J connectivity index is 3.11. The molecule has 0 spiro atoms. The summed E-state index contributed by atoms with van der Waals surface area (Å²) >= 11 is 0. The molecule has 0 aliphatic carbocycles. The van der Waals surface area contributed by atoms with Crippen LogP contribution in [-0.2, 0) is 14.8 Å². The zero-order valence-electron chi connectivity index (χ0n) is 11.1. The molecule has 0 bridgehead atoms. The number of unbranched alkanes of at least 4 members (excludes halogenated alkanes) is 1. The molecule has 21 heavy (non-hydrogen) atoms. The molecule has 0 radical (unpaired) electrons. The van der Waals surface area contributed by atoms with Gasteiger partial charge in [0.25, 0.3) is 0 Å². The van der Waals surface area contributed by atoms with Crippen molar-refractivity contribution in [2.75, 3.05) is 0 Å². The number of aliphatic carboxylic acids is 1. The molecule has 0 heterocycles. The number of rotatable bonds is 7. The molecule has 1 rings (SSSR count). The van der Waals surface area contributed by atoms with E-state index >= 15 is 0 Å². The summed E-state index contributed by atoms with van der Waals surface area (Å²) in [7, 11) is -4.62. The zero-order chi connectivity index (χ0) is 16.2. The third-order valence-electron chi connectivity index (χ3n) is 2.73. The molecule has 0 fully saturated rings. The molecule has 2 N–H and O–H groups in total. The van der Waals surface area contributed by atoms with Crippen LogP contribution in [0.1, 0.15) is 26.2 Å². The first-order valence-electron chi connectivity index (χ1n) is 6.09. The van der Waals surface area contributed by atoms with Crippen LogP contribution >= 0.6 is 0 Å². The smallest absolute Gasteiger partial charge is 0.321 e. The number of carboxylic acid groups (broad SMARTS) is 1. The standard InChI is InChI=1S/C12H14F3NO4S/c1-2-3-4-8(12(17)18)16-21(19,20)9-6-5-7(13)10(14)11(9)15/h5-6,8,16H,2-4H2,1H3,(H,17,18). The topological polar surface area (TPSA) is 83.5 Å². The van der Waals surface area contributed by atoms with Gasteiger partial charge >= 0.3 is 5.97 Å². The van der Waals surface area contributed by atoms with Crippen molar-refractivity contribution >= 4 is 16.0 Å². The van der Waals surface area contributed by atoms with Crippen molar-refractivity contribution in [2.24, 2.45) is 0 Å². The summed E-state index contributed by atoms with van der Waals surface area (Å²) in [6, 6.07) is -0.480. The summed E-state index contributed by atoms with van der Waals surface area (Å²) in [6.07, 6.45) is 1.06. The Morgan fingerprint density at radius 3 is 2.43 bits per heavy atom. The maximum Gasteiger partial charge on any atom is 0.321 e. The molecule has 0 aromatic heterocycles. The SMILES string of the molecule is CCCCC(NS(=O)(=O)c1ccc(F)c(F)c1F)C(=O)O. The molecule has 9 heteroatoms. The van der Waals surface area contributed by atoms with Crippen LogP contribution in [-0.4, -0.2) is 25.5 Å². The van der Waals surface area contributed by atoms with E-state index in [-0.39, 0.29) is 6.42 Å². The number of halogens is 3. The summed E-state index contributed by atoms with van der Waals surface area (Å²) in [5.41, 5.74) is 0. The van der Waals surface area contributed by atoms with E-state index in [9.17, 15) is 26.4 Å². The van der Waals surface area contributed by atoms with E-state index in [0.29, 0.717) is 25.0 Å². The lowest BCUT2D eigenvalue weighted by molar-refractivity contribution is -0.139.